The summed E-state index contributed by atoms with van der Waals surface area (Å²) in [5.74, 6) is 1.00. The van der Waals surface area contributed by atoms with E-state index in [1.54, 1.807) is 12.1 Å². The van der Waals surface area contributed by atoms with Gasteiger partial charge >= 0.3 is 0 Å². The molecule has 2 heterocycles. The van der Waals surface area contributed by atoms with Crippen LogP contribution in [0.15, 0.2) is 30.6 Å². The second kappa shape index (κ2) is 5.96. The zero-order valence-corrected chi connectivity index (χ0v) is 13.7. The molecule has 4 rings (SSSR count). The molecule has 0 radical (unpaired) electrons. The summed E-state index contributed by atoms with van der Waals surface area (Å²) in [6.07, 6.45) is 1.39. The molecule has 2 aromatic carbocycles. The van der Waals surface area contributed by atoms with E-state index in [0.717, 1.165) is 0 Å². The summed E-state index contributed by atoms with van der Waals surface area (Å²) < 4.78 is 25.4. The zero-order valence-electron chi connectivity index (χ0n) is 12.1. The van der Waals surface area contributed by atoms with Crippen molar-refractivity contribution >= 4 is 45.6 Å². The second-order valence-corrected chi connectivity index (χ2v) is 5.87. The maximum absolute atomic E-state index is 14.3. The van der Waals surface area contributed by atoms with Crippen LogP contribution in [0, 0.1) is 5.82 Å². The predicted molar refractivity (Wildman–Crippen MR) is 90.2 cm³/mol. The van der Waals surface area contributed by atoms with Crippen LogP contribution in [0.1, 0.15) is 0 Å². The summed E-state index contributed by atoms with van der Waals surface area (Å²) in [6.45, 7) is 0.958. The lowest BCUT2D eigenvalue weighted by molar-refractivity contribution is 0.172. The summed E-state index contributed by atoms with van der Waals surface area (Å²) in [6, 6.07) is 6.54. The Bertz CT molecular complexity index is 952. The topological polar surface area (TPSA) is 56.3 Å². The van der Waals surface area contributed by atoms with Crippen molar-refractivity contribution in [3.8, 4) is 11.5 Å². The monoisotopic (exact) mass is 365 g/mol. The molecule has 1 N–H and O–H groups in total. The molecule has 1 aromatic heterocycles. The van der Waals surface area contributed by atoms with Crippen LogP contribution in [0.25, 0.3) is 10.9 Å². The fourth-order valence-corrected chi connectivity index (χ4v) is 2.75. The Morgan fingerprint density at radius 3 is 2.58 bits per heavy atom. The van der Waals surface area contributed by atoms with Crippen LogP contribution in [0.3, 0.4) is 0 Å². The van der Waals surface area contributed by atoms with Gasteiger partial charge in [-0.25, -0.2) is 14.4 Å². The van der Waals surface area contributed by atoms with Gasteiger partial charge in [-0.3, -0.25) is 0 Å². The normalized spacial score (nSPS) is 13.1. The predicted octanol–water partition coefficient (Wildman–Crippen LogP) is 4.59. The Morgan fingerprint density at radius 2 is 1.79 bits per heavy atom. The van der Waals surface area contributed by atoms with Gasteiger partial charge in [0.15, 0.2) is 17.3 Å². The van der Waals surface area contributed by atoms with E-state index in [1.807, 2.05) is 0 Å². The largest absolute Gasteiger partial charge is 0.486 e. The highest BCUT2D eigenvalue weighted by atomic mass is 35.5. The Kier molecular flexibility index (Phi) is 3.78. The number of fused-ring (bicyclic) bond motifs is 2. The molecular formula is C16H10Cl2FN3O2. The molecule has 0 amide bonds. The van der Waals surface area contributed by atoms with Crippen molar-refractivity contribution in [1.29, 1.82) is 0 Å². The highest BCUT2D eigenvalue weighted by Crippen LogP contribution is 2.37. The quantitative estimate of drug-likeness (QED) is 0.673. The third kappa shape index (κ3) is 2.57. The molecule has 0 fully saturated rings. The van der Waals surface area contributed by atoms with Gasteiger partial charge in [0.1, 0.15) is 25.4 Å². The van der Waals surface area contributed by atoms with E-state index in [1.165, 1.54) is 18.5 Å². The maximum atomic E-state index is 14.3. The number of hydrogen-bond donors (Lipinski definition) is 1. The zero-order chi connectivity index (χ0) is 16.7. The van der Waals surface area contributed by atoms with Gasteiger partial charge in [-0.15, -0.1) is 0 Å². The van der Waals surface area contributed by atoms with Crippen molar-refractivity contribution in [3.63, 3.8) is 0 Å². The molecule has 1 aliphatic heterocycles. The van der Waals surface area contributed by atoms with Crippen molar-refractivity contribution < 1.29 is 13.9 Å². The molecule has 122 valence electrons. The summed E-state index contributed by atoms with van der Waals surface area (Å²) >= 11 is 11.7. The number of aromatic nitrogens is 2. The van der Waals surface area contributed by atoms with E-state index < -0.39 is 5.82 Å². The Labute approximate surface area is 146 Å². The minimum Gasteiger partial charge on any atom is -0.486 e. The van der Waals surface area contributed by atoms with Crippen LogP contribution < -0.4 is 14.8 Å². The SMILES string of the molecule is Fc1c(Nc2ncnc3cc4c(cc23)OCCO4)ccc(Cl)c1Cl. The lowest BCUT2D eigenvalue weighted by Gasteiger charge is -2.19. The molecule has 8 heteroatoms. The van der Waals surface area contributed by atoms with Gasteiger partial charge in [0.05, 0.1) is 21.2 Å². The Morgan fingerprint density at radius 1 is 1.04 bits per heavy atom. The number of hydrogen-bond acceptors (Lipinski definition) is 5. The van der Waals surface area contributed by atoms with Crippen molar-refractivity contribution in [1.82, 2.24) is 9.97 Å². The molecule has 3 aromatic rings. The number of benzene rings is 2. The van der Waals surface area contributed by atoms with E-state index >= 15 is 0 Å². The average molecular weight is 366 g/mol. The van der Waals surface area contributed by atoms with Crippen molar-refractivity contribution in [2.45, 2.75) is 0 Å². The molecule has 0 unspecified atom stereocenters. The number of nitrogens with zero attached hydrogens (tertiary/aromatic N) is 2. The fourth-order valence-electron chi connectivity index (χ4n) is 2.44. The summed E-state index contributed by atoms with van der Waals surface area (Å²) in [5, 5.41) is 3.60. The third-order valence-electron chi connectivity index (χ3n) is 3.59. The van der Waals surface area contributed by atoms with Crippen LogP contribution in [0.2, 0.25) is 10.0 Å². The second-order valence-electron chi connectivity index (χ2n) is 5.08. The maximum Gasteiger partial charge on any atom is 0.166 e. The smallest absolute Gasteiger partial charge is 0.166 e. The van der Waals surface area contributed by atoms with Crippen LogP contribution in [0.4, 0.5) is 15.9 Å². The minimum atomic E-state index is -0.645. The number of anilines is 2. The molecule has 0 atom stereocenters. The van der Waals surface area contributed by atoms with Crippen molar-refractivity contribution in [2.24, 2.45) is 0 Å². The van der Waals surface area contributed by atoms with Crippen LogP contribution in [-0.2, 0) is 0 Å². The molecule has 24 heavy (non-hydrogen) atoms. The van der Waals surface area contributed by atoms with Crippen molar-refractivity contribution in [3.05, 3.63) is 46.5 Å². The van der Waals surface area contributed by atoms with Gasteiger partial charge in [-0.2, -0.15) is 0 Å². The van der Waals surface area contributed by atoms with Gasteiger partial charge < -0.3 is 14.8 Å². The highest BCUT2D eigenvalue weighted by Gasteiger charge is 2.17. The number of nitrogens with one attached hydrogen (secondary N) is 1. The number of ether oxygens (including phenoxy) is 2. The minimum absolute atomic E-state index is 0.144. The van der Waals surface area contributed by atoms with E-state index in [0.29, 0.717) is 41.4 Å². The van der Waals surface area contributed by atoms with Crippen molar-refractivity contribution in [2.75, 3.05) is 18.5 Å². The lowest BCUT2D eigenvalue weighted by Crippen LogP contribution is -2.15. The first-order valence-corrected chi connectivity index (χ1v) is 7.84. The van der Waals surface area contributed by atoms with Gasteiger partial charge in [0, 0.05) is 11.5 Å². The first kappa shape index (κ1) is 15.2. The first-order chi connectivity index (χ1) is 11.6. The number of rotatable bonds is 2. The highest BCUT2D eigenvalue weighted by molar-refractivity contribution is 6.42. The molecule has 0 spiro atoms. The molecule has 1 aliphatic rings. The number of halogens is 3. The summed E-state index contributed by atoms with van der Waals surface area (Å²) in [4.78, 5) is 8.40. The molecule has 0 saturated heterocycles. The fraction of sp³-hybridized carbons (Fsp3) is 0.125. The molecule has 0 saturated carbocycles. The Hall–Kier alpha value is -2.31. The van der Waals surface area contributed by atoms with E-state index in [9.17, 15) is 4.39 Å². The average Bonchev–Trinajstić information content (AvgIpc) is 2.61. The molecular weight excluding hydrogens is 356 g/mol. The Balaban J connectivity index is 1.81. The van der Waals surface area contributed by atoms with Crippen LogP contribution in [0.5, 0.6) is 11.5 Å². The third-order valence-corrected chi connectivity index (χ3v) is 4.37. The molecule has 0 bridgehead atoms. The van der Waals surface area contributed by atoms with Gasteiger partial charge in [-0.05, 0) is 18.2 Å². The van der Waals surface area contributed by atoms with E-state index in [2.05, 4.69) is 15.3 Å². The standard InChI is InChI=1S/C16H10Cl2FN3O2/c17-9-1-2-10(15(19)14(9)18)22-16-8-5-12-13(24-4-3-23-12)6-11(8)20-7-21-16/h1-2,5-7H,3-4H2,(H,20,21,22). The van der Waals surface area contributed by atoms with Crippen LogP contribution >= 0.6 is 23.2 Å². The molecule has 5 nitrogen and oxygen atoms in total. The van der Waals surface area contributed by atoms with E-state index in [-0.39, 0.29) is 15.7 Å². The lowest BCUT2D eigenvalue weighted by atomic mass is 10.2. The molecule has 0 aliphatic carbocycles. The van der Waals surface area contributed by atoms with Crippen LogP contribution in [-0.4, -0.2) is 23.2 Å². The first-order valence-electron chi connectivity index (χ1n) is 7.08. The van der Waals surface area contributed by atoms with E-state index in [4.69, 9.17) is 32.7 Å². The summed E-state index contributed by atoms with van der Waals surface area (Å²) in [7, 11) is 0. The van der Waals surface area contributed by atoms with Gasteiger partial charge in [-0.1, -0.05) is 23.2 Å². The van der Waals surface area contributed by atoms with Gasteiger partial charge in [0.25, 0.3) is 0 Å². The summed E-state index contributed by atoms with van der Waals surface area (Å²) in [5.41, 5.74) is 0.816. The van der Waals surface area contributed by atoms with Gasteiger partial charge in [0.2, 0.25) is 0 Å².